The third-order valence-electron chi connectivity index (χ3n) is 2.53. The summed E-state index contributed by atoms with van der Waals surface area (Å²) in [6.45, 7) is 3.81. The summed E-state index contributed by atoms with van der Waals surface area (Å²) in [5.74, 6) is -0.965. The summed E-state index contributed by atoms with van der Waals surface area (Å²) < 4.78 is 0. The minimum absolute atomic E-state index is 0.255. The van der Waals surface area contributed by atoms with Crippen molar-refractivity contribution in [1.29, 1.82) is 0 Å². The van der Waals surface area contributed by atoms with Gasteiger partial charge >= 0.3 is 5.97 Å². The van der Waals surface area contributed by atoms with E-state index in [9.17, 15) is 4.79 Å². The second-order valence-electron chi connectivity index (χ2n) is 3.70. The molecule has 0 aromatic heterocycles. The lowest BCUT2D eigenvalue weighted by Crippen LogP contribution is -2.10. The zero-order chi connectivity index (χ0) is 10.6. The smallest absolute Gasteiger partial charge is 0.306 e. The molecular weight excluding hydrogens is 176 g/mol. The van der Waals surface area contributed by atoms with E-state index in [1.54, 1.807) is 6.92 Å². The lowest BCUT2D eigenvalue weighted by molar-refractivity contribution is -0.141. The van der Waals surface area contributed by atoms with E-state index in [0.717, 1.165) is 6.42 Å². The summed E-state index contributed by atoms with van der Waals surface area (Å²) in [6.07, 6.45) is 1.56. The number of aliphatic carboxylic acids is 1. The van der Waals surface area contributed by atoms with Gasteiger partial charge in [0.1, 0.15) is 0 Å². The maximum atomic E-state index is 10.6. The Bertz CT molecular complexity index is 318. The summed E-state index contributed by atoms with van der Waals surface area (Å²) in [4.78, 5) is 10.6. The van der Waals surface area contributed by atoms with E-state index in [1.807, 2.05) is 12.1 Å². The molecule has 0 amide bonds. The molecule has 76 valence electrons. The van der Waals surface area contributed by atoms with E-state index in [-0.39, 0.29) is 5.92 Å². The molecule has 0 saturated carbocycles. The molecule has 1 aromatic rings. The zero-order valence-electron chi connectivity index (χ0n) is 8.66. The Morgan fingerprint density at radius 1 is 1.43 bits per heavy atom. The van der Waals surface area contributed by atoms with Crippen LogP contribution in [0.25, 0.3) is 0 Å². The molecule has 0 fully saturated rings. The Morgan fingerprint density at radius 3 is 2.64 bits per heavy atom. The van der Waals surface area contributed by atoms with Gasteiger partial charge in [0, 0.05) is 0 Å². The third kappa shape index (κ3) is 2.87. The van der Waals surface area contributed by atoms with Crippen LogP contribution in [-0.2, 0) is 11.2 Å². The Hall–Kier alpha value is -1.31. The summed E-state index contributed by atoms with van der Waals surface area (Å²) in [7, 11) is 0. The molecule has 2 heteroatoms. The van der Waals surface area contributed by atoms with E-state index >= 15 is 0 Å². The Labute approximate surface area is 84.6 Å². The van der Waals surface area contributed by atoms with Crippen molar-refractivity contribution in [2.45, 2.75) is 26.7 Å². The van der Waals surface area contributed by atoms with Crippen molar-refractivity contribution in [3.63, 3.8) is 0 Å². The number of aryl methyl sites for hydroxylation is 2. The van der Waals surface area contributed by atoms with Crippen LogP contribution < -0.4 is 0 Å². The molecule has 0 saturated heterocycles. The molecule has 14 heavy (non-hydrogen) atoms. The van der Waals surface area contributed by atoms with Crippen LogP contribution in [0.4, 0.5) is 0 Å². The number of rotatable bonds is 4. The van der Waals surface area contributed by atoms with Gasteiger partial charge in [-0.3, -0.25) is 4.79 Å². The van der Waals surface area contributed by atoms with Gasteiger partial charge in [-0.05, 0) is 30.9 Å². The SMILES string of the molecule is Cc1ccccc1CCC(C)C(=O)O. The lowest BCUT2D eigenvalue weighted by atomic mass is 9.98. The van der Waals surface area contributed by atoms with E-state index in [4.69, 9.17) is 5.11 Å². The molecule has 0 aliphatic rings. The fourth-order valence-corrected chi connectivity index (χ4v) is 1.39. The normalized spacial score (nSPS) is 12.4. The minimum atomic E-state index is -0.710. The summed E-state index contributed by atoms with van der Waals surface area (Å²) >= 11 is 0. The standard InChI is InChI=1S/C12H16O2/c1-9-5-3-4-6-11(9)8-7-10(2)12(13)14/h3-6,10H,7-8H2,1-2H3,(H,13,14). The first-order valence-electron chi connectivity index (χ1n) is 4.88. The van der Waals surface area contributed by atoms with Crippen molar-refractivity contribution < 1.29 is 9.90 Å². The predicted octanol–water partition coefficient (Wildman–Crippen LogP) is 2.65. The molecule has 0 bridgehead atoms. The van der Waals surface area contributed by atoms with Crippen LogP contribution in [0.2, 0.25) is 0 Å². The van der Waals surface area contributed by atoms with Gasteiger partial charge in [-0.2, -0.15) is 0 Å². The maximum Gasteiger partial charge on any atom is 0.306 e. The molecule has 0 spiro atoms. The minimum Gasteiger partial charge on any atom is -0.481 e. The average molecular weight is 192 g/mol. The Kier molecular flexibility index (Phi) is 3.69. The summed E-state index contributed by atoms with van der Waals surface area (Å²) in [5, 5.41) is 8.73. The molecule has 0 aliphatic heterocycles. The first-order chi connectivity index (χ1) is 6.61. The van der Waals surface area contributed by atoms with Gasteiger partial charge in [-0.25, -0.2) is 0 Å². The van der Waals surface area contributed by atoms with Crippen molar-refractivity contribution in [3.8, 4) is 0 Å². The molecule has 1 rings (SSSR count). The number of benzene rings is 1. The Morgan fingerprint density at radius 2 is 2.07 bits per heavy atom. The maximum absolute atomic E-state index is 10.6. The number of carboxylic acids is 1. The monoisotopic (exact) mass is 192 g/mol. The molecule has 0 heterocycles. The molecule has 1 unspecified atom stereocenters. The topological polar surface area (TPSA) is 37.3 Å². The zero-order valence-corrected chi connectivity index (χ0v) is 8.66. The quantitative estimate of drug-likeness (QED) is 0.796. The van der Waals surface area contributed by atoms with Crippen LogP contribution in [-0.4, -0.2) is 11.1 Å². The highest BCUT2D eigenvalue weighted by atomic mass is 16.4. The van der Waals surface area contributed by atoms with E-state index < -0.39 is 5.97 Å². The molecule has 1 atom stereocenters. The molecule has 0 aliphatic carbocycles. The summed E-state index contributed by atoms with van der Waals surface area (Å²) in [6, 6.07) is 8.11. The van der Waals surface area contributed by atoms with Crippen molar-refractivity contribution >= 4 is 5.97 Å². The average Bonchev–Trinajstić information content (AvgIpc) is 2.16. The lowest BCUT2D eigenvalue weighted by Gasteiger charge is -2.07. The van der Waals surface area contributed by atoms with Crippen LogP contribution in [0.3, 0.4) is 0 Å². The van der Waals surface area contributed by atoms with Gasteiger partial charge in [0.05, 0.1) is 5.92 Å². The number of carboxylic acid groups (broad SMARTS) is 1. The fourth-order valence-electron chi connectivity index (χ4n) is 1.39. The van der Waals surface area contributed by atoms with Gasteiger partial charge in [0.25, 0.3) is 0 Å². The van der Waals surface area contributed by atoms with Crippen molar-refractivity contribution in [2.75, 3.05) is 0 Å². The highest BCUT2D eigenvalue weighted by Crippen LogP contribution is 2.13. The third-order valence-corrected chi connectivity index (χ3v) is 2.53. The Balaban J connectivity index is 2.54. The van der Waals surface area contributed by atoms with E-state index in [1.165, 1.54) is 11.1 Å². The fraction of sp³-hybridized carbons (Fsp3) is 0.417. The second kappa shape index (κ2) is 4.80. The largest absolute Gasteiger partial charge is 0.481 e. The first-order valence-corrected chi connectivity index (χ1v) is 4.88. The first kappa shape index (κ1) is 10.8. The van der Waals surface area contributed by atoms with Crippen LogP contribution >= 0.6 is 0 Å². The molecule has 0 radical (unpaired) electrons. The highest BCUT2D eigenvalue weighted by Gasteiger charge is 2.10. The van der Waals surface area contributed by atoms with E-state index in [2.05, 4.69) is 19.1 Å². The van der Waals surface area contributed by atoms with Gasteiger partial charge in [0.15, 0.2) is 0 Å². The van der Waals surface area contributed by atoms with Crippen molar-refractivity contribution in [3.05, 3.63) is 35.4 Å². The van der Waals surface area contributed by atoms with Crippen molar-refractivity contribution in [1.82, 2.24) is 0 Å². The number of carbonyl (C=O) groups is 1. The second-order valence-corrected chi connectivity index (χ2v) is 3.70. The molecular formula is C12H16O2. The highest BCUT2D eigenvalue weighted by molar-refractivity contribution is 5.69. The van der Waals surface area contributed by atoms with Gasteiger partial charge in [0.2, 0.25) is 0 Å². The molecule has 1 aromatic carbocycles. The van der Waals surface area contributed by atoms with E-state index in [0.29, 0.717) is 6.42 Å². The van der Waals surface area contributed by atoms with Crippen LogP contribution in [0.15, 0.2) is 24.3 Å². The van der Waals surface area contributed by atoms with Crippen molar-refractivity contribution in [2.24, 2.45) is 5.92 Å². The van der Waals surface area contributed by atoms with Crippen LogP contribution in [0.5, 0.6) is 0 Å². The number of hydrogen-bond donors (Lipinski definition) is 1. The molecule has 1 N–H and O–H groups in total. The van der Waals surface area contributed by atoms with Crippen LogP contribution in [0, 0.1) is 12.8 Å². The molecule has 2 nitrogen and oxygen atoms in total. The summed E-state index contributed by atoms with van der Waals surface area (Å²) in [5.41, 5.74) is 2.49. The van der Waals surface area contributed by atoms with Crippen LogP contribution in [0.1, 0.15) is 24.5 Å². The van der Waals surface area contributed by atoms with Gasteiger partial charge < -0.3 is 5.11 Å². The van der Waals surface area contributed by atoms with Gasteiger partial charge in [-0.1, -0.05) is 31.2 Å². The van der Waals surface area contributed by atoms with Gasteiger partial charge in [-0.15, -0.1) is 0 Å². The predicted molar refractivity (Wildman–Crippen MR) is 56.3 cm³/mol. The number of hydrogen-bond acceptors (Lipinski definition) is 1.